The molecule has 0 heterocycles. The highest BCUT2D eigenvalue weighted by Crippen LogP contribution is 2.35. The first-order valence-electron chi connectivity index (χ1n) is 7.06. The maximum Gasteiger partial charge on any atom is 0.171 e. The summed E-state index contributed by atoms with van der Waals surface area (Å²) in [5.74, 6) is 0.315. The van der Waals surface area contributed by atoms with Gasteiger partial charge in [0.15, 0.2) is 5.78 Å². The molecule has 20 heavy (non-hydrogen) atoms. The molecule has 0 saturated carbocycles. The zero-order chi connectivity index (χ0) is 13.9. The minimum atomic E-state index is 0.0354. The Bertz CT molecular complexity index is 633. The molecule has 0 fully saturated rings. The van der Waals surface area contributed by atoms with E-state index in [1.807, 2.05) is 36.6 Å². The van der Waals surface area contributed by atoms with Crippen molar-refractivity contribution in [2.45, 2.75) is 30.1 Å². The minimum Gasteiger partial charge on any atom is -0.293 e. The average Bonchev–Trinajstić information content (AvgIpc) is 2.53. The van der Waals surface area contributed by atoms with Gasteiger partial charge in [-0.15, -0.1) is 11.8 Å². The average molecular weight is 282 g/mol. The van der Waals surface area contributed by atoms with Gasteiger partial charge in [0.25, 0.3) is 0 Å². The summed E-state index contributed by atoms with van der Waals surface area (Å²) in [4.78, 5) is 14.0. The molecule has 1 unspecified atom stereocenters. The van der Waals surface area contributed by atoms with Crippen molar-refractivity contribution in [2.24, 2.45) is 0 Å². The molecule has 3 rings (SSSR count). The van der Waals surface area contributed by atoms with Gasteiger partial charge in [0.2, 0.25) is 0 Å². The molecule has 0 aromatic heterocycles. The fourth-order valence-corrected chi connectivity index (χ4v) is 3.67. The van der Waals surface area contributed by atoms with Crippen molar-refractivity contribution in [2.75, 3.05) is 6.26 Å². The molecule has 102 valence electrons. The highest BCUT2D eigenvalue weighted by molar-refractivity contribution is 7.98. The lowest BCUT2D eigenvalue weighted by Gasteiger charge is -2.25. The van der Waals surface area contributed by atoms with E-state index in [-0.39, 0.29) is 11.7 Å². The molecule has 0 aliphatic heterocycles. The van der Waals surface area contributed by atoms with Crippen LogP contribution < -0.4 is 0 Å². The van der Waals surface area contributed by atoms with Gasteiger partial charge < -0.3 is 0 Å². The summed E-state index contributed by atoms with van der Waals surface area (Å²) in [5, 5.41) is 0. The lowest BCUT2D eigenvalue weighted by Crippen LogP contribution is -2.19. The second kappa shape index (κ2) is 5.84. The number of carbonyl (C=O) groups excluding carboxylic acids is 1. The molecular weight excluding hydrogens is 264 g/mol. The van der Waals surface area contributed by atoms with E-state index in [4.69, 9.17) is 0 Å². The first kappa shape index (κ1) is 13.4. The van der Waals surface area contributed by atoms with Gasteiger partial charge in [-0.3, -0.25) is 4.79 Å². The number of Topliss-reactive ketones (excluding diaryl/α,β-unsaturated/α-hetero) is 1. The van der Waals surface area contributed by atoms with E-state index in [2.05, 4.69) is 18.2 Å². The number of aryl methyl sites for hydroxylation is 1. The highest BCUT2D eigenvalue weighted by Gasteiger charge is 2.27. The molecule has 1 nitrogen and oxygen atoms in total. The van der Waals surface area contributed by atoms with Gasteiger partial charge in [-0.2, -0.15) is 0 Å². The van der Waals surface area contributed by atoms with Crippen LogP contribution >= 0.6 is 11.8 Å². The summed E-state index contributed by atoms with van der Waals surface area (Å²) in [6.45, 7) is 0. The summed E-state index contributed by atoms with van der Waals surface area (Å²) in [6, 6.07) is 16.4. The Morgan fingerprint density at radius 3 is 2.70 bits per heavy atom. The smallest absolute Gasteiger partial charge is 0.171 e. The predicted molar refractivity (Wildman–Crippen MR) is 84.7 cm³/mol. The Balaban J connectivity index is 2.00. The summed E-state index contributed by atoms with van der Waals surface area (Å²) < 4.78 is 0. The van der Waals surface area contributed by atoms with E-state index in [1.165, 1.54) is 11.1 Å². The van der Waals surface area contributed by atoms with Crippen molar-refractivity contribution in [1.82, 2.24) is 0 Å². The quantitative estimate of drug-likeness (QED) is 0.599. The fourth-order valence-electron chi connectivity index (χ4n) is 3.06. The Morgan fingerprint density at radius 2 is 1.85 bits per heavy atom. The van der Waals surface area contributed by atoms with Crippen LogP contribution in [0.25, 0.3) is 0 Å². The highest BCUT2D eigenvalue weighted by atomic mass is 32.2. The van der Waals surface area contributed by atoms with E-state index in [0.29, 0.717) is 0 Å². The third kappa shape index (κ3) is 2.40. The summed E-state index contributed by atoms with van der Waals surface area (Å²) in [5.41, 5.74) is 3.46. The third-order valence-electron chi connectivity index (χ3n) is 4.06. The van der Waals surface area contributed by atoms with Crippen molar-refractivity contribution in [3.63, 3.8) is 0 Å². The van der Waals surface area contributed by atoms with E-state index >= 15 is 0 Å². The van der Waals surface area contributed by atoms with E-state index in [9.17, 15) is 4.79 Å². The number of benzene rings is 2. The molecule has 0 saturated heterocycles. The fraction of sp³-hybridized carbons (Fsp3) is 0.278. The molecule has 0 bridgehead atoms. The molecule has 2 aromatic carbocycles. The van der Waals surface area contributed by atoms with Gasteiger partial charge in [0.1, 0.15) is 0 Å². The largest absolute Gasteiger partial charge is 0.293 e. The van der Waals surface area contributed by atoms with Gasteiger partial charge in [0.05, 0.1) is 0 Å². The molecule has 2 aromatic rings. The summed E-state index contributed by atoms with van der Waals surface area (Å²) >= 11 is 1.65. The van der Waals surface area contributed by atoms with Crippen LogP contribution in [0.5, 0.6) is 0 Å². The number of ketones is 1. The maximum atomic E-state index is 12.9. The van der Waals surface area contributed by atoms with Crippen LogP contribution in [0.15, 0.2) is 53.4 Å². The Labute approximate surface area is 124 Å². The second-order valence-corrected chi connectivity index (χ2v) is 6.06. The Hall–Kier alpha value is -1.54. The molecule has 1 atom stereocenters. The van der Waals surface area contributed by atoms with Crippen LogP contribution in [0.1, 0.15) is 40.2 Å². The van der Waals surface area contributed by atoms with Crippen molar-refractivity contribution < 1.29 is 4.79 Å². The minimum absolute atomic E-state index is 0.0354. The third-order valence-corrected chi connectivity index (χ3v) is 4.85. The van der Waals surface area contributed by atoms with E-state index < -0.39 is 0 Å². The topological polar surface area (TPSA) is 17.1 Å². The molecule has 1 aliphatic carbocycles. The first-order valence-corrected chi connectivity index (χ1v) is 8.29. The van der Waals surface area contributed by atoms with Gasteiger partial charge in [-0.25, -0.2) is 0 Å². The number of fused-ring (bicyclic) bond motifs is 1. The van der Waals surface area contributed by atoms with Gasteiger partial charge in [0, 0.05) is 16.4 Å². The number of hydrogen-bond acceptors (Lipinski definition) is 2. The van der Waals surface area contributed by atoms with Crippen LogP contribution in [0.3, 0.4) is 0 Å². The molecule has 0 amide bonds. The summed E-state index contributed by atoms with van der Waals surface area (Å²) in [7, 11) is 0. The van der Waals surface area contributed by atoms with E-state index in [1.54, 1.807) is 11.8 Å². The molecule has 0 radical (unpaired) electrons. The first-order chi connectivity index (χ1) is 9.81. The summed E-state index contributed by atoms with van der Waals surface area (Å²) in [6.07, 6.45) is 5.21. The lowest BCUT2D eigenvalue weighted by atomic mass is 9.79. The van der Waals surface area contributed by atoms with Gasteiger partial charge in [-0.05, 0) is 42.7 Å². The van der Waals surface area contributed by atoms with Crippen LogP contribution in [-0.4, -0.2) is 12.0 Å². The normalized spacial score (nSPS) is 17.6. The molecule has 0 spiro atoms. The van der Waals surface area contributed by atoms with Crippen LogP contribution in [0, 0.1) is 0 Å². The predicted octanol–water partition coefficient (Wildman–Crippen LogP) is 4.71. The zero-order valence-corrected chi connectivity index (χ0v) is 12.5. The molecule has 0 N–H and O–H groups in total. The van der Waals surface area contributed by atoms with Crippen LogP contribution in [0.2, 0.25) is 0 Å². The number of carbonyl (C=O) groups is 1. The Morgan fingerprint density at radius 1 is 1.10 bits per heavy atom. The van der Waals surface area contributed by atoms with Crippen LogP contribution in [0.4, 0.5) is 0 Å². The maximum absolute atomic E-state index is 12.9. The Kier molecular flexibility index (Phi) is 3.93. The second-order valence-electron chi connectivity index (χ2n) is 5.21. The monoisotopic (exact) mass is 282 g/mol. The van der Waals surface area contributed by atoms with E-state index in [0.717, 1.165) is 29.7 Å². The van der Waals surface area contributed by atoms with Crippen molar-refractivity contribution in [3.05, 3.63) is 65.2 Å². The standard InChI is InChI=1S/C18H18OS/c1-20-17-12-5-4-10-16(17)18(19)15-11-6-8-13-7-2-3-9-14(13)15/h2-5,7,9-10,12,15H,6,8,11H2,1H3. The SMILES string of the molecule is CSc1ccccc1C(=O)C1CCCc2ccccc21. The molecule has 1 aliphatic rings. The van der Waals surface area contributed by atoms with Crippen molar-refractivity contribution >= 4 is 17.5 Å². The van der Waals surface area contributed by atoms with Gasteiger partial charge in [-0.1, -0.05) is 42.5 Å². The molecule has 2 heteroatoms. The number of rotatable bonds is 3. The number of thioether (sulfide) groups is 1. The molecular formula is C18H18OS. The van der Waals surface area contributed by atoms with Crippen molar-refractivity contribution in [1.29, 1.82) is 0 Å². The van der Waals surface area contributed by atoms with Gasteiger partial charge >= 0.3 is 0 Å². The lowest BCUT2D eigenvalue weighted by molar-refractivity contribution is 0.0948. The van der Waals surface area contributed by atoms with Crippen LogP contribution in [-0.2, 0) is 6.42 Å². The van der Waals surface area contributed by atoms with Crippen molar-refractivity contribution in [3.8, 4) is 0 Å². The number of hydrogen-bond donors (Lipinski definition) is 0. The zero-order valence-electron chi connectivity index (χ0n) is 11.6.